The smallest absolute Gasteiger partial charge is 0.325 e. The van der Waals surface area contributed by atoms with Crippen molar-refractivity contribution in [2.24, 2.45) is 0 Å². The normalized spacial score (nSPS) is 13.0. The molecule has 2 heterocycles. The van der Waals surface area contributed by atoms with Gasteiger partial charge in [-0.15, -0.1) is 0 Å². The average molecular weight is 565 g/mol. The fourth-order valence-electron chi connectivity index (χ4n) is 4.07. The molecule has 0 radical (unpaired) electrons. The van der Waals surface area contributed by atoms with E-state index in [1.165, 1.54) is 24.4 Å². The molecular formula is C31H34F2N4O4. The number of aromatic nitrogens is 2. The number of carbonyl (C=O) groups is 2. The SMILES string of the molecule is CC.Cc1ccc(-c2cnc([C@H](Cc3ccc(F)cc3)N3C(=O)CNC3=O)[nH]2)c(F)c1.OCCOc1ccccc1. The highest BCUT2D eigenvalue weighted by Crippen LogP contribution is 2.29. The summed E-state index contributed by atoms with van der Waals surface area (Å²) in [5, 5.41) is 10.9. The second kappa shape index (κ2) is 15.3. The van der Waals surface area contributed by atoms with Crippen molar-refractivity contribution in [1.29, 1.82) is 0 Å². The standard InChI is InChI=1S/C21H18F2N4O2.C8H10O2.C2H6/c1-12-2-7-15(16(23)8-12)17-10-24-20(26-17)18(27-19(28)11-25-21(27)29)9-13-3-5-14(22)6-4-13;9-6-7-10-8-4-2-1-3-5-8;1-2/h2-8,10,18H,9,11H2,1H3,(H,24,26)(H,25,29);1-5,9H,6-7H2;1-2H3/t18-;;/m0../s1. The molecule has 41 heavy (non-hydrogen) atoms. The molecule has 0 unspecified atom stereocenters. The molecule has 5 rings (SSSR count). The Labute approximate surface area is 238 Å². The van der Waals surface area contributed by atoms with E-state index in [2.05, 4.69) is 15.3 Å². The van der Waals surface area contributed by atoms with Crippen LogP contribution in [0.4, 0.5) is 13.6 Å². The van der Waals surface area contributed by atoms with Crippen LogP contribution in [0.15, 0.2) is 79.0 Å². The lowest BCUT2D eigenvalue weighted by Gasteiger charge is -2.23. The highest BCUT2D eigenvalue weighted by molar-refractivity contribution is 6.02. The number of hydrogen-bond donors (Lipinski definition) is 3. The van der Waals surface area contributed by atoms with Gasteiger partial charge in [-0.3, -0.25) is 9.69 Å². The number of halogens is 2. The number of nitrogens with zero attached hydrogens (tertiary/aromatic N) is 2. The van der Waals surface area contributed by atoms with Gasteiger partial charge in [0.15, 0.2) is 0 Å². The van der Waals surface area contributed by atoms with E-state index in [-0.39, 0.29) is 31.3 Å². The van der Waals surface area contributed by atoms with E-state index in [9.17, 15) is 18.4 Å². The minimum atomic E-state index is -0.738. The van der Waals surface area contributed by atoms with E-state index in [0.29, 0.717) is 23.7 Å². The lowest BCUT2D eigenvalue weighted by atomic mass is 10.0. The van der Waals surface area contributed by atoms with Crippen LogP contribution in [0.5, 0.6) is 5.75 Å². The highest BCUT2D eigenvalue weighted by Gasteiger charge is 2.37. The number of ether oxygens (including phenoxy) is 1. The highest BCUT2D eigenvalue weighted by atomic mass is 19.1. The van der Waals surface area contributed by atoms with E-state index in [0.717, 1.165) is 21.8 Å². The van der Waals surface area contributed by atoms with Gasteiger partial charge < -0.3 is 20.1 Å². The number of nitrogens with one attached hydrogen (secondary N) is 2. The van der Waals surface area contributed by atoms with E-state index in [4.69, 9.17) is 9.84 Å². The Bertz CT molecular complexity index is 1400. The Balaban J connectivity index is 0.000000324. The Morgan fingerprint density at radius 1 is 1.02 bits per heavy atom. The molecule has 0 aliphatic carbocycles. The molecule has 1 aromatic heterocycles. The number of urea groups is 1. The molecule has 3 amide bonds. The maximum atomic E-state index is 14.3. The first-order valence-corrected chi connectivity index (χ1v) is 13.3. The lowest BCUT2D eigenvalue weighted by molar-refractivity contribution is -0.126. The molecule has 1 aliphatic heterocycles. The van der Waals surface area contributed by atoms with Gasteiger partial charge in [0.1, 0.15) is 35.9 Å². The first-order chi connectivity index (χ1) is 19.9. The zero-order valence-corrected chi connectivity index (χ0v) is 23.2. The van der Waals surface area contributed by atoms with Crippen LogP contribution in [0.1, 0.15) is 36.8 Å². The number of aliphatic hydroxyl groups excluding tert-OH is 1. The summed E-state index contributed by atoms with van der Waals surface area (Å²) in [4.78, 5) is 33.0. The molecule has 0 bridgehead atoms. The summed E-state index contributed by atoms with van der Waals surface area (Å²) in [6, 6.07) is 18.8. The number of para-hydroxylation sites is 1. The van der Waals surface area contributed by atoms with E-state index in [1.807, 2.05) is 44.2 Å². The van der Waals surface area contributed by atoms with Crippen molar-refractivity contribution in [2.75, 3.05) is 19.8 Å². The number of aliphatic hydroxyl groups is 1. The zero-order chi connectivity index (χ0) is 29.8. The number of amides is 3. The van der Waals surface area contributed by atoms with Crippen molar-refractivity contribution in [3.05, 3.63) is 108 Å². The van der Waals surface area contributed by atoms with Crippen molar-refractivity contribution in [3.8, 4) is 17.0 Å². The minimum absolute atomic E-state index is 0.0644. The van der Waals surface area contributed by atoms with Crippen molar-refractivity contribution in [1.82, 2.24) is 20.2 Å². The summed E-state index contributed by atoms with van der Waals surface area (Å²) in [7, 11) is 0. The van der Waals surface area contributed by atoms with Crippen molar-refractivity contribution in [3.63, 3.8) is 0 Å². The second-order valence-corrected chi connectivity index (χ2v) is 8.82. The number of aryl methyl sites for hydroxylation is 1. The minimum Gasteiger partial charge on any atom is -0.491 e. The van der Waals surface area contributed by atoms with Crippen molar-refractivity contribution in [2.45, 2.75) is 33.2 Å². The van der Waals surface area contributed by atoms with E-state index in [1.54, 1.807) is 31.2 Å². The predicted molar refractivity (Wildman–Crippen MR) is 152 cm³/mol. The van der Waals surface area contributed by atoms with Gasteiger partial charge in [-0.2, -0.15) is 0 Å². The van der Waals surface area contributed by atoms with Gasteiger partial charge in [0, 0.05) is 12.0 Å². The molecule has 1 fully saturated rings. The molecule has 4 aromatic rings. The number of benzene rings is 3. The number of H-pyrrole nitrogens is 1. The number of rotatable bonds is 8. The number of aromatic amines is 1. The third-order valence-corrected chi connectivity index (χ3v) is 5.96. The third kappa shape index (κ3) is 8.46. The molecule has 3 aromatic carbocycles. The fourth-order valence-corrected chi connectivity index (χ4v) is 4.07. The maximum absolute atomic E-state index is 14.3. The molecule has 1 atom stereocenters. The first-order valence-electron chi connectivity index (χ1n) is 13.3. The molecule has 1 saturated heterocycles. The Morgan fingerprint density at radius 3 is 2.34 bits per heavy atom. The molecular weight excluding hydrogens is 530 g/mol. The Morgan fingerprint density at radius 2 is 1.73 bits per heavy atom. The topological polar surface area (TPSA) is 108 Å². The van der Waals surface area contributed by atoms with Crippen LogP contribution in [0, 0.1) is 18.6 Å². The van der Waals surface area contributed by atoms with Crippen LogP contribution in [-0.4, -0.2) is 51.7 Å². The van der Waals surface area contributed by atoms with Crippen LogP contribution in [0.3, 0.4) is 0 Å². The van der Waals surface area contributed by atoms with Gasteiger partial charge in [0.05, 0.1) is 25.0 Å². The summed E-state index contributed by atoms with van der Waals surface area (Å²) < 4.78 is 32.7. The summed E-state index contributed by atoms with van der Waals surface area (Å²) in [6.07, 6.45) is 1.71. The molecule has 0 saturated carbocycles. The molecule has 0 spiro atoms. The predicted octanol–water partition coefficient (Wildman–Crippen LogP) is 5.58. The van der Waals surface area contributed by atoms with Gasteiger partial charge in [-0.25, -0.2) is 18.6 Å². The summed E-state index contributed by atoms with van der Waals surface area (Å²) in [6.45, 7) is 6.12. The molecule has 1 aliphatic rings. The zero-order valence-electron chi connectivity index (χ0n) is 23.2. The van der Waals surface area contributed by atoms with Crippen LogP contribution < -0.4 is 10.1 Å². The average Bonchev–Trinajstić information content (AvgIpc) is 3.60. The van der Waals surface area contributed by atoms with E-state index >= 15 is 0 Å². The summed E-state index contributed by atoms with van der Waals surface area (Å²) in [5.74, 6) is -0.0199. The Hall–Kier alpha value is -4.57. The van der Waals surface area contributed by atoms with Gasteiger partial charge >= 0.3 is 6.03 Å². The van der Waals surface area contributed by atoms with E-state index < -0.39 is 17.9 Å². The third-order valence-electron chi connectivity index (χ3n) is 5.96. The van der Waals surface area contributed by atoms with Gasteiger partial charge in [-0.05, 0) is 54.4 Å². The fraction of sp³-hybridized carbons (Fsp3) is 0.258. The molecule has 10 heteroatoms. The molecule has 8 nitrogen and oxygen atoms in total. The second-order valence-electron chi connectivity index (χ2n) is 8.82. The number of carbonyl (C=O) groups excluding carboxylic acids is 2. The number of imidazole rings is 1. The number of imide groups is 1. The van der Waals surface area contributed by atoms with Gasteiger partial charge in [0.25, 0.3) is 5.91 Å². The van der Waals surface area contributed by atoms with Crippen LogP contribution in [0.2, 0.25) is 0 Å². The van der Waals surface area contributed by atoms with Gasteiger partial charge in [0.2, 0.25) is 0 Å². The molecule has 216 valence electrons. The van der Waals surface area contributed by atoms with Crippen molar-refractivity contribution >= 4 is 11.9 Å². The van der Waals surface area contributed by atoms with Crippen LogP contribution in [0.25, 0.3) is 11.3 Å². The Kier molecular flexibility index (Phi) is 11.5. The van der Waals surface area contributed by atoms with Crippen LogP contribution in [-0.2, 0) is 11.2 Å². The first kappa shape index (κ1) is 31.0. The van der Waals surface area contributed by atoms with Crippen LogP contribution >= 0.6 is 0 Å². The molecule has 3 N–H and O–H groups in total. The number of hydrogen-bond acceptors (Lipinski definition) is 5. The summed E-state index contributed by atoms with van der Waals surface area (Å²) >= 11 is 0. The van der Waals surface area contributed by atoms with Gasteiger partial charge in [-0.1, -0.05) is 50.2 Å². The quantitative estimate of drug-likeness (QED) is 0.242. The lowest BCUT2D eigenvalue weighted by Crippen LogP contribution is -2.36. The monoisotopic (exact) mass is 564 g/mol. The van der Waals surface area contributed by atoms with Crippen molar-refractivity contribution < 1.29 is 28.2 Å². The largest absolute Gasteiger partial charge is 0.491 e. The maximum Gasteiger partial charge on any atom is 0.325 e. The summed E-state index contributed by atoms with van der Waals surface area (Å²) in [5.41, 5.74) is 2.30.